The van der Waals surface area contributed by atoms with Crippen molar-refractivity contribution in [3.8, 4) is 5.75 Å². The second kappa shape index (κ2) is 8.87. The topological polar surface area (TPSA) is 21.3 Å². The van der Waals surface area contributed by atoms with Crippen molar-refractivity contribution in [2.45, 2.75) is 107 Å². The van der Waals surface area contributed by atoms with Crippen molar-refractivity contribution in [1.29, 1.82) is 0 Å². The van der Waals surface area contributed by atoms with E-state index in [1.54, 1.807) is 0 Å². The third kappa shape index (κ3) is 6.33. The van der Waals surface area contributed by atoms with Gasteiger partial charge in [-0.15, -0.1) is 0 Å². The zero-order valence-electron chi connectivity index (χ0n) is 22.4. The summed E-state index contributed by atoms with van der Waals surface area (Å²) >= 11 is 0. The summed E-state index contributed by atoms with van der Waals surface area (Å²) in [5.74, 6) is 0.992. The second-order valence-corrected chi connectivity index (χ2v) is 13.2. The SMILES string of the molecule is C=C(NC(C)(C)CC(C)(C)C)c1cc(B2CC(C)(C)C(C)(C)C2)cc(C)c1OCCC. The molecule has 1 saturated heterocycles. The van der Waals surface area contributed by atoms with E-state index in [4.69, 9.17) is 4.74 Å². The van der Waals surface area contributed by atoms with Crippen LogP contribution in [0.3, 0.4) is 0 Å². The van der Waals surface area contributed by atoms with Gasteiger partial charge in [-0.05, 0) is 55.4 Å². The van der Waals surface area contributed by atoms with Crippen molar-refractivity contribution in [3.63, 3.8) is 0 Å². The fraction of sp³-hybridized carbons (Fsp3) is 0.714. The predicted molar refractivity (Wildman–Crippen MR) is 140 cm³/mol. The maximum Gasteiger partial charge on any atom is 0.177 e. The number of nitrogens with one attached hydrogen (secondary N) is 1. The summed E-state index contributed by atoms with van der Waals surface area (Å²) in [6.07, 6.45) is 4.52. The molecular weight excluding hydrogens is 377 g/mol. The Bertz CT molecular complexity index is 782. The maximum atomic E-state index is 6.25. The average Bonchev–Trinajstić information content (AvgIpc) is 2.78. The van der Waals surface area contributed by atoms with Gasteiger partial charge in [0.1, 0.15) is 5.75 Å². The molecule has 0 unspecified atom stereocenters. The first-order valence-corrected chi connectivity index (χ1v) is 12.2. The average molecular weight is 426 g/mol. The maximum absolute atomic E-state index is 6.25. The third-order valence-electron chi connectivity index (χ3n) is 7.35. The van der Waals surface area contributed by atoms with Crippen LogP contribution in [-0.4, -0.2) is 18.9 Å². The normalized spacial score (nSPS) is 18.2. The Kier molecular flexibility index (Phi) is 7.41. The highest BCUT2D eigenvalue weighted by atomic mass is 16.5. The minimum Gasteiger partial charge on any atom is -0.493 e. The Labute approximate surface area is 193 Å². The standard InChI is InChI=1S/C28H48BNO/c1-13-14-31-24-20(2)15-22(29-18-26(7,8)27(9,10)19-29)16-23(24)21(3)30-28(11,12)17-25(4,5)6/h15-16,30H,3,13-14,17-19H2,1-2,4-12H3. The van der Waals surface area contributed by atoms with Crippen molar-refractivity contribution in [2.24, 2.45) is 16.2 Å². The van der Waals surface area contributed by atoms with Crippen LogP contribution in [0.1, 0.15) is 93.2 Å². The molecule has 0 saturated carbocycles. The van der Waals surface area contributed by atoms with Gasteiger partial charge in [-0.1, -0.05) is 92.2 Å². The summed E-state index contributed by atoms with van der Waals surface area (Å²) in [5.41, 5.74) is 5.65. The van der Waals surface area contributed by atoms with E-state index in [1.165, 1.54) is 23.7 Å². The van der Waals surface area contributed by atoms with E-state index in [9.17, 15) is 0 Å². The molecule has 0 spiro atoms. The Hall–Kier alpha value is -1.38. The first kappa shape index (κ1) is 25.9. The lowest BCUT2D eigenvalue weighted by atomic mass is 9.42. The van der Waals surface area contributed by atoms with E-state index in [0.29, 0.717) is 17.5 Å². The molecule has 0 aliphatic carbocycles. The third-order valence-corrected chi connectivity index (χ3v) is 7.35. The van der Waals surface area contributed by atoms with E-state index in [2.05, 4.69) is 100 Å². The van der Waals surface area contributed by atoms with Crippen LogP contribution in [-0.2, 0) is 0 Å². The number of hydrogen-bond acceptors (Lipinski definition) is 2. The van der Waals surface area contributed by atoms with Crippen LogP contribution in [0.25, 0.3) is 5.70 Å². The summed E-state index contributed by atoms with van der Waals surface area (Å²) in [6, 6.07) is 4.73. The summed E-state index contributed by atoms with van der Waals surface area (Å²) in [6.45, 7) is 31.3. The number of ether oxygens (including phenoxy) is 1. The van der Waals surface area contributed by atoms with Crippen LogP contribution in [0.15, 0.2) is 18.7 Å². The molecule has 1 aromatic rings. The molecule has 1 fully saturated rings. The molecular formula is C28H48BNO. The van der Waals surface area contributed by atoms with Gasteiger partial charge in [-0.2, -0.15) is 0 Å². The molecule has 0 radical (unpaired) electrons. The zero-order chi connectivity index (χ0) is 23.8. The van der Waals surface area contributed by atoms with Gasteiger partial charge in [0.15, 0.2) is 6.71 Å². The molecule has 1 aliphatic heterocycles. The van der Waals surface area contributed by atoms with E-state index in [0.717, 1.165) is 36.5 Å². The molecule has 2 nitrogen and oxygen atoms in total. The lowest BCUT2D eigenvalue weighted by Crippen LogP contribution is -2.41. The van der Waals surface area contributed by atoms with Gasteiger partial charge in [-0.3, -0.25) is 0 Å². The number of rotatable bonds is 8. The highest BCUT2D eigenvalue weighted by Crippen LogP contribution is 2.52. The molecule has 0 aromatic heterocycles. The van der Waals surface area contributed by atoms with Gasteiger partial charge in [0, 0.05) is 16.8 Å². The monoisotopic (exact) mass is 425 g/mol. The fourth-order valence-corrected chi connectivity index (χ4v) is 5.60. The number of aryl methyl sites for hydroxylation is 1. The van der Waals surface area contributed by atoms with Crippen LogP contribution >= 0.6 is 0 Å². The van der Waals surface area contributed by atoms with Crippen LogP contribution in [0.2, 0.25) is 12.6 Å². The highest BCUT2D eigenvalue weighted by Gasteiger charge is 2.48. The fourth-order valence-electron chi connectivity index (χ4n) is 5.60. The molecule has 31 heavy (non-hydrogen) atoms. The van der Waals surface area contributed by atoms with Crippen LogP contribution in [0.4, 0.5) is 0 Å². The molecule has 1 heterocycles. The zero-order valence-corrected chi connectivity index (χ0v) is 22.4. The van der Waals surface area contributed by atoms with E-state index in [1.807, 2.05) is 0 Å². The summed E-state index contributed by atoms with van der Waals surface area (Å²) < 4.78 is 6.25. The summed E-state index contributed by atoms with van der Waals surface area (Å²) in [7, 11) is 0. The molecule has 1 N–H and O–H groups in total. The Morgan fingerprint density at radius 3 is 2.10 bits per heavy atom. The molecule has 0 atom stereocenters. The Morgan fingerprint density at radius 2 is 1.61 bits per heavy atom. The van der Waals surface area contributed by atoms with Gasteiger partial charge < -0.3 is 10.1 Å². The van der Waals surface area contributed by atoms with Crippen molar-refractivity contribution in [2.75, 3.05) is 6.61 Å². The van der Waals surface area contributed by atoms with Gasteiger partial charge in [0.2, 0.25) is 0 Å². The molecule has 3 heteroatoms. The molecule has 1 aliphatic rings. The minimum absolute atomic E-state index is 0.0430. The highest BCUT2D eigenvalue weighted by molar-refractivity contribution is 6.74. The largest absolute Gasteiger partial charge is 0.493 e. The molecule has 2 rings (SSSR count). The van der Waals surface area contributed by atoms with Gasteiger partial charge in [-0.25, -0.2) is 0 Å². The smallest absolute Gasteiger partial charge is 0.177 e. The van der Waals surface area contributed by atoms with Gasteiger partial charge in [0.25, 0.3) is 0 Å². The molecule has 0 amide bonds. The van der Waals surface area contributed by atoms with Gasteiger partial charge in [0.05, 0.1) is 6.61 Å². The Balaban J connectivity index is 2.43. The Morgan fingerprint density at radius 1 is 1.06 bits per heavy atom. The first-order valence-electron chi connectivity index (χ1n) is 12.2. The van der Waals surface area contributed by atoms with E-state index >= 15 is 0 Å². The van der Waals surface area contributed by atoms with Crippen LogP contribution in [0, 0.1) is 23.2 Å². The van der Waals surface area contributed by atoms with Crippen molar-refractivity contribution in [1.82, 2.24) is 5.32 Å². The van der Waals surface area contributed by atoms with E-state index < -0.39 is 0 Å². The van der Waals surface area contributed by atoms with Crippen LogP contribution in [0.5, 0.6) is 5.75 Å². The number of hydrogen-bond donors (Lipinski definition) is 1. The van der Waals surface area contributed by atoms with Crippen molar-refractivity contribution in [3.05, 3.63) is 29.8 Å². The predicted octanol–water partition coefficient (Wildman–Crippen LogP) is 7.33. The van der Waals surface area contributed by atoms with Crippen LogP contribution < -0.4 is 15.5 Å². The lowest BCUT2D eigenvalue weighted by molar-refractivity contribution is 0.177. The van der Waals surface area contributed by atoms with Crippen molar-refractivity contribution >= 4 is 17.9 Å². The minimum atomic E-state index is -0.0430. The van der Waals surface area contributed by atoms with Crippen molar-refractivity contribution < 1.29 is 4.74 Å². The van der Waals surface area contributed by atoms with E-state index in [-0.39, 0.29) is 11.0 Å². The summed E-state index contributed by atoms with van der Waals surface area (Å²) in [5, 5.41) is 3.75. The molecule has 174 valence electrons. The van der Waals surface area contributed by atoms with Gasteiger partial charge >= 0.3 is 0 Å². The summed E-state index contributed by atoms with van der Waals surface area (Å²) in [4.78, 5) is 0. The quantitative estimate of drug-likeness (QED) is 0.440. The number of benzene rings is 1. The second-order valence-electron chi connectivity index (χ2n) is 13.2. The lowest BCUT2D eigenvalue weighted by Gasteiger charge is -2.35. The molecule has 0 bridgehead atoms. The first-order chi connectivity index (χ1) is 14.0. The molecule has 1 aromatic carbocycles.